The summed E-state index contributed by atoms with van der Waals surface area (Å²) in [6.45, 7) is 1.38. The molecule has 0 radical (unpaired) electrons. The van der Waals surface area contributed by atoms with Gasteiger partial charge in [-0.05, 0) is 42.7 Å². The van der Waals surface area contributed by atoms with E-state index < -0.39 is 17.5 Å². The zero-order valence-electron chi connectivity index (χ0n) is 17.1. The third kappa shape index (κ3) is 4.29. The van der Waals surface area contributed by atoms with Gasteiger partial charge in [0.15, 0.2) is 0 Å². The molecule has 0 atom stereocenters. The molecular formula is C23H23F2N3O3. The Bertz CT molecular complexity index is 1140. The van der Waals surface area contributed by atoms with Gasteiger partial charge in [-0.2, -0.15) is 0 Å². The molecule has 8 heteroatoms. The largest absolute Gasteiger partial charge is 0.381 e. The number of carbonyl (C=O) groups excluding carboxylic acids is 2. The Labute approximate surface area is 178 Å². The lowest BCUT2D eigenvalue weighted by Crippen LogP contribution is -2.38. The number of nitrogens with zero attached hydrogens (tertiary/aromatic N) is 1. The maximum absolute atomic E-state index is 14.7. The van der Waals surface area contributed by atoms with Crippen molar-refractivity contribution in [2.75, 3.05) is 20.3 Å². The minimum atomic E-state index is -0.642. The normalized spacial score (nSPS) is 14.5. The van der Waals surface area contributed by atoms with Crippen LogP contribution in [0.2, 0.25) is 0 Å². The van der Waals surface area contributed by atoms with Gasteiger partial charge in [-0.25, -0.2) is 8.78 Å². The van der Waals surface area contributed by atoms with Crippen molar-refractivity contribution >= 4 is 22.7 Å². The molecule has 1 aliphatic rings. The minimum Gasteiger partial charge on any atom is -0.381 e. The summed E-state index contributed by atoms with van der Waals surface area (Å²) >= 11 is 0. The first kappa shape index (κ1) is 21.0. The standard InChI is InChI=1S/C23H23F2N3O3/c1-26-22(29)16-6-5-14(11-19(16)25)12-28-13-17(21-18(24)3-2-4-20(21)28)23(30)27-15-7-9-31-10-8-15/h2-6,11,13,15H,7-10,12H2,1H3,(H,26,29)(H,27,30). The summed E-state index contributed by atoms with van der Waals surface area (Å²) < 4.78 is 36.1. The lowest BCUT2D eigenvalue weighted by Gasteiger charge is -2.22. The molecule has 2 heterocycles. The Hall–Kier alpha value is -3.26. The highest BCUT2D eigenvalue weighted by Gasteiger charge is 2.22. The second-order valence-corrected chi connectivity index (χ2v) is 7.56. The van der Waals surface area contributed by atoms with Crippen molar-refractivity contribution in [3.05, 3.63) is 70.9 Å². The van der Waals surface area contributed by atoms with Crippen LogP contribution >= 0.6 is 0 Å². The van der Waals surface area contributed by atoms with Crippen LogP contribution in [0.3, 0.4) is 0 Å². The monoisotopic (exact) mass is 427 g/mol. The molecule has 1 saturated heterocycles. The van der Waals surface area contributed by atoms with Crippen LogP contribution in [0.5, 0.6) is 0 Å². The Balaban J connectivity index is 1.66. The van der Waals surface area contributed by atoms with Crippen molar-refractivity contribution in [1.29, 1.82) is 0 Å². The van der Waals surface area contributed by atoms with Gasteiger partial charge in [0, 0.05) is 44.4 Å². The number of benzene rings is 2. The van der Waals surface area contributed by atoms with E-state index in [9.17, 15) is 18.4 Å². The van der Waals surface area contributed by atoms with Gasteiger partial charge in [0.25, 0.3) is 11.8 Å². The highest BCUT2D eigenvalue weighted by Crippen LogP contribution is 2.26. The molecule has 4 rings (SSSR count). The topological polar surface area (TPSA) is 72.4 Å². The zero-order chi connectivity index (χ0) is 22.0. The first-order valence-electron chi connectivity index (χ1n) is 10.1. The summed E-state index contributed by atoms with van der Waals surface area (Å²) in [5.41, 5.74) is 1.31. The van der Waals surface area contributed by atoms with Crippen LogP contribution in [0, 0.1) is 11.6 Å². The number of aromatic nitrogens is 1. The van der Waals surface area contributed by atoms with Crippen LogP contribution in [0.4, 0.5) is 8.78 Å². The van der Waals surface area contributed by atoms with Crippen molar-refractivity contribution in [2.24, 2.45) is 0 Å². The molecule has 2 aromatic carbocycles. The van der Waals surface area contributed by atoms with E-state index in [4.69, 9.17) is 4.74 Å². The highest BCUT2D eigenvalue weighted by molar-refractivity contribution is 6.07. The van der Waals surface area contributed by atoms with Gasteiger partial charge in [0.2, 0.25) is 0 Å². The third-order valence-corrected chi connectivity index (χ3v) is 5.51. The van der Waals surface area contributed by atoms with Gasteiger partial charge in [0.1, 0.15) is 11.6 Å². The number of nitrogens with one attached hydrogen (secondary N) is 2. The molecule has 0 saturated carbocycles. The van der Waals surface area contributed by atoms with Crippen LogP contribution < -0.4 is 10.6 Å². The average Bonchev–Trinajstić information content (AvgIpc) is 3.14. The van der Waals surface area contributed by atoms with Gasteiger partial charge in [-0.15, -0.1) is 0 Å². The van der Waals surface area contributed by atoms with Gasteiger partial charge >= 0.3 is 0 Å². The maximum Gasteiger partial charge on any atom is 0.253 e. The first-order chi connectivity index (χ1) is 15.0. The highest BCUT2D eigenvalue weighted by atomic mass is 19.1. The van der Waals surface area contributed by atoms with Crippen LogP contribution in [-0.4, -0.2) is 42.7 Å². The molecule has 0 spiro atoms. The van der Waals surface area contributed by atoms with E-state index in [0.29, 0.717) is 37.1 Å². The summed E-state index contributed by atoms with van der Waals surface area (Å²) in [6, 6.07) is 8.92. The second-order valence-electron chi connectivity index (χ2n) is 7.56. The molecule has 1 aromatic heterocycles. The summed E-state index contributed by atoms with van der Waals surface area (Å²) in [4.78, 5) is 24.6. The van der Waals surface area contributed by atoms with Gasteiger partial charge in [-0.3, -0.25) is 9.59 Å². The van der Waals surface area contributed by atoms with Crippen molar-refractivity contribution in [2.45, 2.75) is 25.4 Å². The summed E-state index contributed by atoms with van der Waals surface area (Å²) in [7, 11) is 1.43. The predicted molar refractivity (Wildman–Crippen MR) is 112 cm³/mol. The lowest BCUT2D eigenvalue weighted by atomic mass is 10.1. The van der Waals surface area contributed by atoms with Crippen LogP contribution in [0.1, 0.15) is 39.1 Å². The molecule has 0 aliphatic carbocycles. The summed E-state index contributed by atoms with van der Waals surface area (Å²) in [6.07, 6.45) is 3.01. The van der Waals surface area contributed by atoms with Crippen molar-refractivity contribution < 1.29 is 23.1 Å². The molecule has 0 bridgehead atoms. The molecule has 0 unspecified atom stereocenters. The number of halogens is 2. The lowest BCUT2D eigenvalue weighted by molar-refractivity contribution is 0.0697. The number of amides is 2. The van der Waals surface area contributed by atoms with E-state index in [1.165, 1.54) is 25.2 Å². The van der Waals surface area contributed by atoms with Crippen molar-refractivity contribution in [3.8, 4) is 0 Å². The quantitative estimate of drug-likeness (QED) is 0.657. The van der Waals surface area contributed by atoms with Gasteiger partial charge in [-0.1, -0.05) is 12.1 Å². The fourth-order valence-corrected chi connectivity index (χ4v) is 3.89. The molecule has 2 amide bonds. The van der Waals surface area contributed by atoms with E-state index in [2.05, 4.69) is 10.6 Å². The summed E-state index contributed by atoms with van der Waals surface area (Å²) in [5, 5.41) is 5.59. The molecule has 1 fully saturated rings. The molecular weight excluding hydrogens is 404 g/mol. The van der Waals surface area contributed by atoms with Gasteiger partial charge < -0.3 is 19.9 Å². The molecule has 31 heavy (non-hydrogen) atoms. The van der Waals surface area contributed by atoms with E-state index in [0.717, 1.165) is 0 Å². The molecule has 162 valence electrons. The van der Waals surface area contributed by atoms with E-state index in [-0.39, 0.29) is 35.0 Å². The predicted octanol–water partition coefficient (Wildman–Crippen LogP) is 3.24. The zero-order valence-corrected chi connectivity index (χ0v) is 17.1. The Morgan fingerprint density at radius 1 is 1.06 bits per heavy atom. The molecule has 1 aliphatic heterocycles. The average molecular weight is 427 g/mol. The van der Waals surface area contributed by atoms with Crippen LogP contribution in [0.25, 0.3) is 10.9 Å². The molecule has 6 nitrogen and oxygen atoms in total. The third-order valence-electron chi connectivity index (χ3n) is 5.51. The number of hydrogen-bond acceptors (Lipinski definition) is 3. The number of carbonyl (C=O) groups is 2. The van der Waals surface area contributed by atoms with Crippen molar-refractivity contribution in [3.63, 3.8) is 0 Å². The van der Waals surface area contributed by atoms with Gasteiger partial charge in [0.05, 0.1) is 16.6 Å². The number of fused-ring (bicyclic) bond motifs is 1. The first-order valence-corrected chi connectivity index (χ1v) is 10.1. The minimum absolute atomic E-state index is 0.0159. The SMILES string of the molecule is CNC(=O)c1ccc(Cn2cc(C(=O)NC3CCOCC3)c3c(F)cccc32)cc1F. The Kier molecular flexibility index (Phi) is 5.99. The smallest absolute Gasteiger partial charge is 0.253 e. The number of rotatable bonds is 5. The summed E-state index contributed by atoms with van der Waals surface area (Å²) in [5.74, 6) is -1.99. The van der Waals surface area contributed by atoms with E-state index in [1.54, 1.807) is 29.0 Å². The fourth-order valence-electron chi connectivity index (χ4n) is 3.89. The number of hydrogen-bond donors (Lipinski definition) is 2. The van der Waals surface area contributed by atoms with Crippen molar-refractivity contribution in [1.82, 2.24) is 15.2 Å². The number of ether oxygens (including phenoxy) is 1. The molecule has 3 aromatic rings. The second kappa shape index (κ2) is 8.85. The van der Waals surface area contributed by atoms with E-state index in [1.807, 2.05) is 0 Å². The fraction of sp³-hybridized carbons (Fsp3) is 0.304. The Morgan fingerprint density at radius 3 is 2.55 bits per heavy atom. The Morgan fingerprint density at radius 2 is 1.84 bits per heavy atom. The van der Waals surface area contributed by atoms with Crippen LogP contribution in [-0.2, 0) is 11.3 Å². The van der Waals surface area contributed by atoms with E-state index >= 15 is 0 Å². The molecule has 2 N–H and O–H groups in total. The van der Waals surface area contributed by atoms with Crippen LogP contribution in [0.15, 0.2) is 42.6 Å². The maximum atomic E-state index is 14.7.